The molecule has 0 saturated carbocycles. The Morgan fingerprint density at radius 3 is 2.76 bits per heavy atom. The van der Waals surface area contributed by atoms with E-state index in [1.54, 1.807) is 18.4 Å². The van der Waals surface area contributed by atoms with Gasteiger partial charge in [-0.3, -0.25) is 0 Å². The number of benzene rings is 1. The van der Waals surface area contributed by atoms with Crippen LogP contribution in [-0.4, -0.2) is 19.7 Å². The Labute approximate surface area is 129 Å². The minimum absolute atomic E-state index is 0.0270. The predicted octanol–water partition coefficient (Wildman–Crippen LogP) is 3.87. The number of fused-ring (bicyclic) bond motifs is 1. The zero-order chi connectivity index (χ0) is 15.1. The highest BCUT2D eigenvalue weighted by Crippen LogP contribution is 2.28. The summed E-state index contributed by atoms with van der Waals surface area (Å²) in [5.41, 5.74) is 1.15. The van der Waals surface area contributed by atoms with Crippen molar-refractivity contribution in [3.05, 3.63) is 40.5 Å². The van der Waals surface area contributed by atoms with E-state index in [1.165, 1.54) is 12.1 Å². The molecule has 8 heteroatoms. The van der Waals surface area contributed by atoms with Crippen LogP contribution in [0.3, 0.4) is 0 Å². The molecule has 0 spiro atoms. The second-order valence-electron chi connectivity index (χ2n) is 4.66. The van der Waals surface area contributed by atoms with Gasteiger partial charge in [0.1, 0.15) is 18.2 Å². The van der Waals surface area contributed by atoms with Crippen molar-refractivity contribution in [2.24, 2.45) is 0 Å². The van der Waals surface area contributed by atoms with Crippen LogP contribution in [-0.2, 0) is 6.54 Å². The molecule has 2 aromatic heterocycles. The van der Waals surface area contributed by atoms with Crippen LogP contribution in [0.1, 0.15) is 29.8 Å². The third kappa shape index (κ3) is 2.61. The van der Waals surface area contributed by atoms with Gasteiger partial charge in [-0.25, -0.2) is 9.37 Å². The smallest absolute Gasteiger partial charge is 0.246 e. The van der Waals surface area contributed by atoms with Gasteiger partial charge in [-0.15, -0.1) is 11.6 Å². The van der Waals surface area contributed by atoms with Crippen LogP contribution in [0.4, 0.5) is 4.39 Å². The second kappa shape index (κ2) is 5.27. The molecule has 1 unspecified atom stereocenters. The summed E-state index contributed by atoms with van der Waals surface area (Å²) in [6.45, 7) is 3.82. The summed E-state index contributed by atoms with van der Waals surface area (Å²) >= 11 is 12.0. The van der Waals surface area contributed by atoms with Crippen molar-refractivity contribution < 1.29 is 8.91 Å². The summed E-state index contributed by atoms with van der Waals surface area (Å²) in [5, 5.41) is 3.41. The lowest BCUT2D eigenvalue weighted by molar-refractivity contribution is 0.367. The van der Waals surface area contributed by atoms with Crippen LogP contribution >= 0.6 is 23.2 Å². The van der Waals surface area contributed by atoms with Gasteiger partial charge < -0.3 is 9.09 Å². The molecule has 0 aliphatic carbocycles. The number of hydrogen-bond donors (Lipinski definition) is 0. The van der Waals surface area contributed by atoms with Crippen LogP contribution < -0.4 is 0 Å². The Kier molecular flexibility index (Phi) is 3.59. The van der Waals surface area contributed by atoms with Gasteiger partial charge in [0.05, 0.1) is 21.4 Å². The van der Waals surface area contributed by atoms with E-state index in [9.17, 15) is 4.39 Å². The standard InChI is InChI=1S/C13H11Cl2FN4O/c1-6(14)13-18-10-4-9(16)8(15)3-11(10)20(13)5-12-17-7(2)19-21-12/h3-4,6H,5H2,1-2H3. The number of hydrogen-bond acceptors (Lipinski definition) is 4. The summed E-state index contributed by atoms with van der Waals surface area (Å²) in [4.78, 5) is 8.52. The molecule has 0 saturated heterocycles. The van der Waals surface area contributed by atoms with Gasteiger partial charge in [-0.1, -0.05) is 16.8 Å². The fourth-order valence-electron chi connectivity index (χ4n) is 2.15. The first-order valence-corrected chi connectivity index (χ1v) is 7.05. The average molecular weight is 329 g/mol. The van der Waals surface area contributed by atoms with E-state index >= 15 is 0 Å². The highest BCUT2D eigenvalue weighted by molar-refractivity contribution is 6.31. The molecule has 1 atom stereocenters. The quantitative estimate of drug-likeness (QED) is 0.685. The maximum Gasteiger partial charge on any atom is 0.246 e. The van der Waals surface area contributed by atoms with Gasteiger partial charge in [-0.05, 0) is 19.9 Å². The second-order valence-corrected chi connectivity index (χ2v) is 5.72. The largest absolute Gasteiger partial charge is 0.337 e. The van der Waals surface area contributed by atoms with Crippen molar-refractivity contribution >= 4 is 34.2 Å². The van der Waals surface area contributed by atoms with E-state index < -0.39 is 5.82 Å². The molecule has 2 heterocycles. The molecular formula is C13H11Cl2FN4O. The molecule has 0 bridgehead atoms. The topological polar surface area (TPSA) is 56.7 Å². The number of halogens is 3. The predicted molar refractivity (Wildman–Crippen MR) is 77.1 cm³/mol. The average Bonchev–Trinajstić information content (AvgIpc) is 2.96. The Bertz CT molecular complexity index is 812. The number of imidazole rings is 1. The van der Waals surface area contributed by atoms with Crippen molar-refractivity contribution in [1.29, 1.82) is 0 Å². The van der Waals surface area contributed by atoms with Gasteiger partial charge in [0.2, 0.25) is 5.89 Å². The fourth-order valence-corrected chi connectivity index (χ4v) is 2.47. The van der Waals surface area contributed by atoms with Crippen molar-refractivity contribution in [2.75, 3.05) is 0 Å². The summed E-state index contributed by atoms with van der Waals surface area (Å²) in [6.07, 6.45) is 0. The summed E-state index contributed by atoms with van der Waals surface area (Å²) in [7, 11) is 0. The zero-order valence-electron chi connectivity index (χ0n) is 11.3. The molecule has 110 valence electrons. The monoisotopic (exact) mass is 328 g/mol. The lowest BCUT2D eigenvalue weighted by Gasteiger charge is -2.07. The van der Waals surface area contributed by atoms with Gasteiger partial charge in [0.15, 0.2) is 5.82 Å². The first-order chi connectivity index (χ1) is 9.95. The number of aryl methyl sites for hydroxylation is 1. The lowest BCUT2D eigenvalue weighted by atomic mass is 10.3. The number of alkyl halides is 1. The highest BCUT2D eigenvalue weighted by atomic mass is 35.5. The van der Waals surface area contributed by atoms with Crippen molar-refractivity contribution in [2.45, 2.75) is 25.8 Å². The lowest BCUT2D eigenvalue weighted by Crippen LogP contribution is -2.06. The molecule has 0 N–H and O–H groups in total. The van der Waals surface area contributed by atoms with Gasteiger partial charge in [0.25, 0.3) is 0 Å². The molecule has 0 fully saturated rings. The minimum Gasteiger partial charge on any atom is -0.337 e. The molecule has 5 nitrogen and oxygen atoms in total. The normalized spacial score (nSPS) is 13.0. The zero-order valence-corrected chi connectivity index (χ0v) is 12.8. The van der Waals surface area contributed by atoms with Crippen LogP contribution in [0.2, 0.25) is 5.02 Å². The molecule has 3 aromatic rings. The van der Waals surface area contributed by atoms with Crippen LogP contribution in [0.15, 0.2) is 16.7 Å². The molecular weight excluding hydrogens is 318 g/mol. The molecule has 3 rings (SSSR count). The van der Waals surface area contributed by atoms with E-state index in [0.717, 1.165) is 0 Å². The van der Waals surface area contributed by atoms with E-state index in [0.29, 0.717) is 35.1 Å². The third-order valence-electron chi connectivity index (χ3n) is 3.04. The van der Waals surface area contributed by atoms with Crippen LogP contribution in [0.25, 0.3) is 11.0 Å². The van der Waals surface area contributed by atoms with E-state index in [1.807, 2.05) is 0 Å². The fraction of sp³-hybridized carbons (Fsp3) is 0.308. The Morgan fingerprint density at radius 1 is 1.38 bits per heavy atom. The highest BCUT2D eigenvalue weighted by Gasteiger charge is 2.18. The first kappa shape index (κ1) is 14.3. The van der Waals surface area contributed by atoms with Crippen LogP contribution in [0, 0.1) is 12.7 Å². The summed E-state index contributed by atoms with van der Waals surface area (Å²) in [6, 6.07) is 2.81. The number of rotatable bonds is 3. The van der Waals surface area contributed by atoms with E-state index in [4.69, 9.17) is 27.7 Å². The van der Waals surface area contributed by atoms with Gasteiger partial charge in [0, 0.05) is 6.07 Å². The van der Waals surface area contributed by atoms with Crippen molar-refractivity contribution in [3.63, 3.8) is 0 Å². The minimum atomic E-state index is -0.517. The molecule has 0 aliphatic rings. The number of aromatic nitrogens is 4. The first-order valence-electron chi connectivity index (χ1n) is 6.24. The Balaban J connectivity index is 2.17. The SMILES string of the molecule is Cc1noc(Cn2c(C(C)Cl)nc3cc(F)c(Cl)cc32)n1. The Hall–Kier alpha value is -1.66. The van der Waals surface area contributed by atoms with Crippen molar-refractivity contribution in [3.8, 4) is 0 Å². The van der Waals surface area contributed by atoms with Gasteiger partial charge >= 0.3 is 0 Å². The summed E-state index contributed by atoms with van der Waals surface area (Å²) < 4.78 is 20.5. The number of nitrogens with zero attached hydrogens (tertiary/aromatic N) is 4. The molecule has 0 amide bonds. The van der Waals surface area contributed by atoms with Crippen LogP contribution in [0.5, 0.6) is 0 Å². The van der Waals surface area contributed by atoms with E-state index in [-0.39, 0.29) is 10.4 Å². The maximum absolute atomic E-state index is 13.6. The van der Waals surface area contributed by atoms with Crippen molar-refractivity contribution in [1.82, 2.24) is 19.7 Å². The van der Waals surface area contributed by atoms with Gasteiger partial charge in [-0.2, -0.15) is 4.98 Å². The molecule has 0 radical (unpaired) electrons. The Morgan fingerprint density at radius 2 is 2.14 bits per heavy atom. The third-order valence-corrected chi connectivity index (χ3v) is 3.52. The molecule has 21 heavy (non-hydrogen) atoms. The van der Waals surface area contributed by atoms with E-state index in [2.05, 4.69) is 15.1 Å². The molecule has 1 aromatic carbocycles. The summed E-state index contributed by atoms with van der Waals surface area (Å²) in [5.74, 6) is 1.03. The molecule has 0 aliphatic heterocycles. The maximum atomic E-state index is 13.6.